The number of rotatable bonds is 18. The molecule has 0 aromatic rings. The quantitative estimate of drug-likeness (QED) is 0.0940. The molecule has 1 rings (SSSR count). The number of nitrogens with one attached hydrogen (secondary N) is 3. The lowest BCUT2D eigenvalue weighted by molar-refractivity contribution is -0.142. The third-order valence-electron chi connectivity index (χ3n) is 7.43. The van der Waals surface area contributed by atoms with Gasteiger partial charge in [0.1, 0.15) is 18.1 Å². The molecule has 8 N–H and O–H groups in total. The molecule has 0 bridgehead atoms. The fourth-order valence-corrected chi connectivity index (χ4v) is 5.19. The predicted octanol–water partition coefficient (Wildman–Crippen LogP) is 2.75. The lowest BCUT2D eigenvalue weighted by Gasteiger charge is -2.31. The van der Waals surface area contributed by atoms with Gasteiger partial charge in [0.15, 0.2) is 0 Å². The lowest BCUT2D eigenvalue weighted by atomic mass is 9.74. The van der Waals surface area contributed by atoms with Crippen molar-refractivity contribution in [2.24, 2.45) is 17.1 Å². The molecule has 2 amide bonds. The summed E-state index contributed by atoms with van der Waals surface area (Å²) in [6.45, 7) is 8.31. The van der Waals surface area contributed by atoms with E-state index < -0.39 is 47.9 Å². The molecular weight excluding hydrogens is 528 g/mol. The maximum absolute atomic E-state index is 12.0. The normalized spacial score (nSPS) is 16.5. The van der Waals surface area contributed by atoms with Crippen LogP contribution in [0.25, 0.3) is 0 Å². The fraction of sp³-hybridized carbons (Fsp3) is 0.800. The topological polar surface area (TPSA) is 191 Å². The van der Waals surface area contributed by atoms with Gasteiger partial charge in [-0.25, -0.2) is 4.79 Å². The molecule has 0 aromatic carbocycles. The third kappa shape index (κ3) is 18.3. The molecule has 4 atom stereocenters. The molecule has 11 nitrogen and oxygen atoms in total. The van der Waals surface area contributed by atoms with Crippen molar-refractivity contribution < 1.29 is 34.5 Å². The van der Waals surface area contributed by atoms with Crippen molar-refractivity contribution in [1.82, 2.24) is 16.0 Å². The number of carboxylic acids is 2. The van der Waals surface area contributed by atoms with Crippen LogP contribution in [0.2, 0.25) is 0 Å². The standard InChI is InChI=1S/C17H28N4O7.C13H26/c1-3-19-10(2)15(24)21-13(17(27)28)7-8-14(23)20-11(9-22)5-4-6-12(18)16(25)26;1-4-10-13(2,3)11-12-8-6-5-7-9-12/h1,10-13,19,22H,4-9,18H2,2H3,(H,20,23)(H,21,24)(H,25,26)(H,27,28);12H,4-11H2,1-3H3. The molecule has 0 heterocycles. The van der Waals surface area contributed by atoms with Crippen LogP contribution in [-0.4, -0.2) is 69.8 Å². The van der Waals surface area contributed by atoms with Crippen molar-refractivity contribution in [3.05, 3.63) is 0 Å². The molecule has 1 saturated carbocycles. The van der Waals surface area contributed by atoms with Gasteiger partial charge in [-0.2, -0.15) is 0 Å². The van der Waals surface area contributed by atoms with Crippen LogP contribution in [0.15, 0.2) is 0 Å². The van der Waals surface area contributed by atoms with Crippen molar-refractivity contribution in [3.63, 3.8) is 0 Å². The van der Waals surface area contributed by atoms with Gasteiger partial charge in [0.2, 0.25) is 11.8 Å². The van der Waals surface area contributed by atoms with Crippen molar-refractivity contribution >= 4 is 23.8 Å². The molecule has 4 unspecified atom stereocenters. The van der Waals surface area contributed by atoms with Gasteiger partial charge in [-0.15, -0.1) is 0 Å². The Morgan fingerprint density at radius 2 is 1.66 bits per heavy atom. The number of nitrogens with two attached hydrogens (primary N) is 1. The Hall–Kier alpha value is -2.84. The van der Waals surface area contributed by atoms with Gasteiger partial charge in [-0.05, 0) is 56.8 Å². The van der Waals surface area contributed by atoms with Crippen molar-refractivity contribution in [2.75, 3.05) is 6.61 Å². The van der Waals surface area contributed by atoms with Crippen molar-refractivity contribution in [1.29, 1.82) is 0 Å². The zero-order chi connectivity index (χ0) is 31.4. The first-order valence-electron chi connectivity index (χ1n) is 14.9. The first kappa shape index (κ1) is 38.2. The van der Waals surface area contributed by atoms with Crippen LogP contribution >= 0.6 is 0 Å². The minimum Gasteiger partial charge on any atom is -0.480 e. The van der Waals surface area contributed by atoms with Crippen molar-refractivity contribution in [3.8, 4) is 12.5 Å². The van der Waals surface area contributed by atoms with Crippen LogP contribution in [0.3, 0.4) is 0 Å². The average molecular weight is 583 g/mol. The second kappa shape index (κ2) is 20.9. The maximum atomic E-state index is 12.0. The summed E-state index contributed by atoms with van der Waals surface area (Å²) in [6.07, 6.45) is 17.3. The van der Waals surface area contributed by atoms with E-state index in [1.165, 1.54) is 58.3 Å². The molecule has 1 fully saturated rings. The number of aliphatic hydroxyl groups is 1. The summed E-state index contributed by atoms with van der Waals surface area (Å²) in [5.74, 6) is -2.49. The monoisotopic (exact) mass is 582 g/mol. The predicted molar refractivity (Wildman–Crippen MR) is 159 cm³/mol. The minimum absolute atomic E-state index is 0.155. The van der Waals surface area contributed by atoms with Crippen LogP contribution in [0.4, 0.5) is 0 Å². The van der Waals surface area contributed by atoms with E-state index in [0.717, 1.165) is 5.92 Å². The van der Waals surface area contributed by atoms with Gasteiger partial charge in [-0.3, -0.25) is 14.4 Å². The van der Waals surface area contributed by atoms with Gasteiger partial charge in [0.25, 0.3) is 0 Å². The van der Waals surface area contributed by atoms with Gasteiger partial charge >= 0.3 is 11.9 Å². The van der Waals surface area contributed by atoms with Crippen LogP contribution in [0.1, 0.15) is 111 Å². The first-order chi connectivity index (χ1) is 19.3. The molecular formula is C30H54N4O7. The number of carboxylic acid groups (broad SMARTS) is 2. The van der Waals surface area contributed by atoms with Crippen LogP contribution in [0.5, 0.6) is 0 Å². The van der Waals surface area contributed by atoms with Gasteiger partial charge in [0.05, 0.1) is 12.6 Å². The Kier molecular flexibility index (Phi) is 19.5. The number of terminal acetylenes is 1. The smallest absolute Gasteiger partial charge is 0.326 e. The van der Waals surface area contributed by atoms with E-state index in [1.807, 2.05) is 0 Å². The Labute approximate surface area is 245 Å². The summed E-state index contributed by atoms with van der Waals surface area (Å²) in [5.41, 5.74) is 5.99. The molecule has 1 aliphatic rings. The molecule has 0 spiro atoms. The molecule has 0 aliphatic heterocycles. The summed E-state index contributed by atoms with van der Waals surface area (Å²) in [4.78, 5) is 45.7. The molecule has 41 heavy (non-hydrogen) atoms. The molecule has 1 aliphatic carbocycles. The SMILES string of the molecule is C#CNC(C)C(=O)NC(CCC(=O)NC(CO)CCCC(N)C(=O)O)C(=O)O.CCCC(C)(C)CC1CCCCC1. The number of hydrogen-bond donors (Lipinski definition) is 7. The van der Waals surface area contributed by atoms with Crippen molar-refractivity contribution in [2.45, 2.75) is 135 Å². The molecule has 236 valence electrons. The van der Waals surface area contributed by atoms with E-state index in [9.17, 15) is 29.4 Å². The largest absolute Gasteiger partial charge is 0.480 e. The van der Waals surface area contributed by atoms with Crippen LogP contribution < -0.4 is 21.7 Å². The van der Waals surface area contributed by atoms with Crippen LogP contribution in [-0.2, 0) is 19.2 Å². The molecule has 0 radical (unpaired) electrons. The maximum Gasteiger partial charge on any atom is 0.326 e. The van der Waals surface area contributed by atoms with Crippen LogP contribution in [0, 0.1) is 23.8 Å². The zero-order valence-corrected chi connectivity index (χ0v) is 25.4. The summed E-state index contributed by atoms with van der Waals surface area (Å²) >= 11 is 0. The summed E-state index contributed by atoms with van der Waals surface area (Å²) in [6, 6.07) is -1.62. The lowest BCUT2D eigenvalue weighted by Crippen LogP contribution is -2.48. The minimum atomic E-state index is -1.30. The van der Waals surface area contributed by atoms with Gasteiger partial charge in [-0.1, -0.05) is 65.7 Å². The van der Waals surface area contributed by atoms with E-state index in [2.05, 4.69) is 42.8 Å². The Bertz CT molecular complexity index is 837. The molecule has 0 saturated heterocycles. The number of amides is 2. The zero-order valence-electron chi connectivity index (χ0n) is 25.4. The number of carbonyl (C=O) groups excluding carboxylic acids is 2. The second-order valence-corrected chi connectivity index (χ2v) is 11.9. The number of aliphatic carboxylic acids is 2. The average Bonchev–Trinajstić information content (AvgIpc) is 2.90. The number of carbonyl (C=O) groups is 4. The summed E-state index contributed by atoms with van der Waals surface area (Å²) in [5, 5.41) is 34.4. The highest BCUT2D eigenvalue weighted by Crippen LogP contribution is 2.36. The van der Waals surface area contributed by atoms with Gasteiger partial charge < -0.3 is 37.0 Å². The van der Waals surface area contributed by atoms with E-state index >= 15 is 0 Å². The fourth-order valence-electron chi connectivity index (χ4n) is 5.19. The summed E-state index contributed by atoms with van der Waals surface area (Å²) in [7, 11) is 0. The van der Waals surface area contributed by atoms with E-state index in [-0.39, 0.29) is 25.9 Å². The summed E-state index contributed by atoms with van der Waals surface area (Å²) < 4.78 is 0. The van der Waals surface area contributed by atoms with E-state index in [0.29, 0.717) is 18.3 Å². The molecule has 0 aromatic heterocycles. The Morgan fingerprint density at radius 3 is 2.17 bits per heavy atom. The first-order valence-corrected chi connectivity index (χ1v) is 14.9. The Morgan fingerprint density at radius 1 is 1.02 bits per heavy atom. The number of hydrogen-bond acceptors (Lipinski definition) is 7. The highest BCUT2D eigenvalue weighted by Gasteiger charge is 2.25. The highest BCUT2D eigenvalue weighted by atomic mass is 16.4. The Balaban J connectivity index is 0.00000102. The van der Waals surface area contributed by atoms with Gasteiger partial charge in [0, 0.05) is 12.5 Å². The van der Waals surface area contributed by atoms with E-state index in [1.54, 1.807) is 0 Å². The highest BCUT2D eigenvalue weighted by molar-refractivity contribution is 5.87. The third-order valence-corrected chi connectivity index (χ3v) is 7.43. The number of aliphatic hydroxyl groups excluding tert-OH is 1. The van der Waals surface area contributed by atoms with E-state index in [4.69, 9.17) is 17.3 Å². The molecule has 11 heteroatoms. The second-order valence-electron chi connectivity index (χ2n) is 11.9.